The van der Waals surface area contributed by atoms with Crippen LogP contribution in [0.2, 0.25) is 0 Å². The number of carbonyl (C=O) groups is 1. The highest BCUT2D eigenvalue weighted by atomic mass is 32.1. The minimum absolute atomic E-state index is 0.251. The predicted molar refractivity (Wildman–Crippen MR) is 104 cm³/mol. The highest BCUT2D eigenvalue weighted by molar-refractivity contribution is 7.21. The molecule has 7 nitrogen and oxygen atoms in total. The number of para-hydroxylation sites is 1. The van der Waals surface area contributed by atoms with E-state index >= 15 is 0 Å². The fourth-order valence-electron chi connectivity index (χ4n) is 3.71. The lowest BCUT2D eigenvalue weighted by molar-refractivity contribution is 0.0864. The van der Waals surface area contributed by atoms with Gasteiger partial charge in [0.1, 0.15) is 5.54 Å². The fourth-order valence-corrected chi connectivity index (χ4v) is 4.64. The minimum atomic E-state index is -0.600. The van der Waals surface area contributed by atoms with Crippen LogP contribution in [0.4, 0.5) is 0 Å². The molecule has 0 atom stereocenters. The number of furan rings is 1. The number of hydrogen-bond acceptors (Lipinski definition) is 7. The zero-order valence-corrected chi connectivity index (χ0v) is 16.1. The van der Waals surface area contributed by atoms with Crippen LogP contribution in [0.15, 0.2) is 45.3 Å². The molecule has 1 aromatic carbocycles. The number of nitrogens with one attached hydrogen (secondary N) is 1. The number of carbonyl (C=O) groups excluding carboxylic acids is 1. The number of amides is 1. The van der Waals surface area contributed by atoms with Crippen molar-refractivity contribution in [3.05, 3.63) is 53.9 Å². The number of hydrogen-bond donors (Lipinski definition) is 1. The molecule has 1 aliphatic carbocycles. The van der Waals surface area contributed by atoms with Crippen molar-refractivity contribution in [1.82, 2.24) is 20.4 Å². The van der Waals surface area contributed by atoms with Gasteiger partial charge >= 0.3 is 0 Å². The second-order valence-corrected chi connectivity index (χ2v) is 8.06. The summed E-state index contributed by atoms with van der Waals surface area (Å²) in [4.78, 5) is 21.8. The number of thiazole rings is 1. The van der Waals surface area contributed by atoms with Gasteiger partial charge in [0.05, 0.1) is 10.2 Å². The lowest BCUT2D eigenvalue weighted by atomic mass is 9.96. The molecule has 0 bridgehead atoms. The van der Waals surface area contributed by atoms with Crippen molar-refractivity contribution >= 4 is 27.5 Å². The first-order chi connectivity index (χ1) is 13.6. The van der Waals surface area contributed by atoms with Crippen LogP contribution in [-0.4, -0.2) is 21.0 Å². The van der Waals surface area contributed by atoms with Gasteiger partial charge in [0.2, 0.25) is 5.89 Å². The largest absolute Gasteiger partial charge is 0.448 e. The fraction of sp³-hybridized carbons (Fsp3) is 0.300. The molecule has 5 rings (SSSR count). The van der Waals surface area contributed by atoms with Gasteiger partial charge in [0.25, 0.3) is 5.91 Å². The molecule has 0 unspecified atom stereocenters. The molecule has 142 valence electrons. The van der Waals surface area contributed by atoms with Gasteiger partial charge in [0.15, 0.2) is 22.4 Å². The summed E-state index contributed by atoms with van der Waals surface area (Å²) in [5.41, 5.74) is 0.319. The lowest BCUT2D eigenvalue weighted by Crippen LogP contribution is -2.44. The summed E-state index contributed by atoms with van der Waals surface area (Å²) in [5, 5.41) is 7.90. The highest BCUT2D eigenvalue weighted by Gasteiger charge is 2.41. The molecular weight excluding hydrogens is 376 g/mol. The summed E-state index contributed by atoms with van der Waals surface area (Å²) in [7, 11) is 0. The van der Waals surface area contributed by atoms with Gasteiger partial charge in [-0.15, -0.1) is 11.3 Å². The van der Waals surface area contributed by atoms with Crippen molar-refractivity contribution in [2.24, 2.45) is 0 Å². The van der Waals surface area contributed by atoms with Crippen molar-refractivity contribution in [3.8, 4) is 10.8 Å². The summed E-state index contributed by atoms with van der Waals surface area (Å²) in [6.07, 6.45) is 3.57. The van der Waals surface area contributed by atoms with E-state index in [0.717, 1.165) is 40.9 Å². The molecule has 3 aromatic heterocycles. The maximum atomic E-state index is 12.9. The van der Waals surface area contributed by atoms with Gasteiger partial charge < -0.3 is 14.3 Å². The summed E-state index contributed by atoms with van der Waals surface area (Å²) >= 11 is 1.54. The average Bonchev–Trinajstić information content (AvgIpc) is 3.47. The summed E-state index contributed by atoms with van der Waals surface area (Å²) in [5.74, 6) is 1.58. The Labute approximate surface area is 164 Å². The van der Waals surface area contributed by atoms with E-state index in [-0.39, 0.29) is 11.7 Å². The van der Waals surface area contributed by atoms with Crippen LogP contribution in [0.5, 0.6) is 0 Å². The summed E-state index contributed by atoms with van der Waals surface area (Å²) in [6, 6.07) is 11.4. The van der Waals surface area contributed by atoms with E-state index in [9.17, 15) is 4.79 Å². The quantitative estimate of drug-likeness (QED) is 0.550. The molecule has 1 saturated carbocycles. The van der Waals surface area contributed by atoms with Crippen LogP contribution >= 0.6 is 11.3 Å². The average molecular weight is 394 g/mol. The number of fused-ring (bicyclic) bond motifs is 1. The van der Waals surface area contributed by atoms with Gasteiger partial charge in [-0.2, -0.15) is 4.98 Å². The first-order valence-electron chi connectivity index (χ1n) is 9.22. The smallest absolute Gasteiger partial charge is 0.287 e. The lowest BCUT2D eigenvalue weighted by Gasteiger charge is -2.26. The summed E-state index contributed by atoms with van der Waals surface area (Å²) < 4.78 is 12.0. The molecule has 0 saturated heterocycles. The van der Waals surface area contributed by atoms with Crippen LogP contribution in [0.3, 0.4) is 0 Å². The molecule has 1 N–H and O–H groups in total. The number of aryl methyl sites for hydroxylation is 1. The molecule has 4 aromatic rings. The Morgan fingerprint density at radius 3 is 2.71 bits per heavy atom. The van der Waals surface area contributed by atoms with Crippen molar-refractivity contribution in [2.75, 3.05) is 0 Å². The maximum absolute atomic E-state index is 12.9. The van der Waals surface area contributed by atoms with E-state index in [1.807, 2.05) is 24.3 Å². The van der Waals surface area contributed by atoms with Crippen LogP contribution in [-0.2, 0) is 5.54 Å². The van der Waals surface area contributed by atoms with Gasteiger partial charge in [-0.25, -0.2) is 4.98 Å². The molecule has 0 aliphatic heterocycles. The number of rotatable bonds is 4. The van der Waals surface area contributed by atoms with E-state index in [1.165, 1.54) is 11.3 Å². The molecule has 3 heterocycles. The Kier molecular flexibility index (Phi) is 4.01. The number of benzene rings is 1. The zero-order chi connectivity index (χ0) is 19.1. The second-order valence-electron chi connectivity index (χ2n) is 7.03. The van der Waals surface area contributed by atoms with E-state index in [4.69, 9.17) is 8.94 Å². The third kappa shape index (κ3) is 2.90. The SMILES string of the molecule is Cc1nc(C2(NC(=O)c3ccc(-c4nc5ccccc5s4)o3)CCCC2)no1. The van der Waals surface area contributed by atoms with Gasteiger partial charge in [-0.3, -0.25) is 4.79 Å². The van der Waals surface area contributed by atoms with E-state index in [2.05, 4.69) is 20.4 Å². The Balaban J connectivity index is 1.41. The minimum Gasteiger partial charge on any atom is -0.448 e. The first kappa shape index (κ1) is 17.1. The number of nitrogens with zero attached hydrogens (tertiary/aromatic N) is 3. The van der Waals surface area contributed by atoms with Crippen LogP contribution < -0.4 is 5.32 Å². The normalized spacial score (nSPS) is 15.9. The third-order valence-corrected chi connectivity index (χ3v) is 6.15. The van der Waals surface area contributed by atoms with E-state index in [0.29, 0.717) is 17.5 Å². The Hall–Kier alpha value is -3.00. The van der Waals surface area contributed by atoms with Crippen LogP contribution in [0.1, 0.15) is 48.0 Å². The molecule has 0 radical (unpaired) electrons. The molecule has 1 amide bonds. The van der Waals surface area contributed by atoms with Crippen LogP contribution in [0, 0.1) is 6.92 Å². The molecule has 1 aliphatic rings. The van der Waals surface area contributed by atoms with Gasteiger partial charge in [-0.1, -0.05) is 30.1 Å². The Morgan fingerprint density at radius 1 is 1.14 bits per heavy atom. The predicted octanol–water partition coefficient (Wildman–Crippen LogP) is 4.45. The van der Waals surface area contributed by atoms with Crippen molar-refractivity contribution < 1.29 is 13.7 Å². The van der Waals surface area contributed by atoms with E-state index in [1.54, 1.807) is 19.1 Å². The highest BCUT2D eigenvalue weighted by Crippen LogP contribution is 2.38. The van der Waals surface area contributed by atoms with E-state index < -0.39 is 5.54 Å². The second kappa shape index (κ2) is 6.56. The van der Waals surface area contributed by atoms with Gasteiger partial charge in [0, 0.05) is 6.92 Å². The molecule has 0 spiro atoms. The Morgan fingerprint density at radius 2 is 1.96 bits per heavy atom. The number of aromatic nitrogens is 3. The zero-order valence-electron chi connectivity index (χ0n) is 15.3. The Bertz CT molecular complexity index is 1120. The topological polar surface area (TPSA) is 94.1 Å². The standard InChI is InChI=1S/C20H18N4O3S/c1-12-21-19(24-27-12)20(10-4-5-11-20)23-17(25)14-8-9-15(26-14)18-22-13-6-2-3-7-16(13)28-18/h2-3,6-9H,4-5,10-11H2,1H3,(H,23,25). The molecular formula is C20H18N4O3S. The molecule has 8 heteroatoms. The molecule has 1 fully saturated rings. The third-order valence-electron chi connectivity index (χ3n) is 5.10. The first-order valence-corrected chi connectivity index (χ1v) is 10.0. The molecule has 28 heavy (non-hydrogen) atoms. The summed E-state index contributed by atoms with van der Waals surface area (Å²) in [6.45, 7) is 1.75. The van der Waals surface area contributed by atoms with Crippen molar-refractivity contribution in [3.63, 3.8) is 0 Å². The van der Waals surface area contributed by atoms with Crippen molar-refractivity contribution in [1.29, 1.82) is 0 Å². The van der Waals surface area contributed by atoms with Crippen molar-refractivity contribution in [2.45, 2.75) is 38.1 Å². The van der Waals surface area contributed by atoms with Gasteiger partial charge in [-0.05, 0) is 37.1 Å². The van der Waals surface area contributed by atoms with Crippen LogP contribution in [0.25, 0.3) is 21.0 Å². The maximum Gasteiger partial charge on any atom is 0.287 e. The monoisotopic (exact) mass is 394 g/mol.